The summed E-state index contributed by atoms with van der Waals surface area (Å²) in [5.74, 6) is 5.83. The van der Waals surface area contributed by atoms with Crippen molar-refractivity contribution in [2.45, 2.75) is 19.4 Å². The van der Waals surface area contributed by atoms with E-state index in [9.17, 15) is 9.90 Å². The van der Waals surface area contributed by atoms with Crippen LogP contribution >= 0.6 is 11.3 Å². The van der Waals surface area contributed by atoms with Crippen LogP contribution in [-0.2, 0) is 0 Å². The average molecular weight is 306 g/mol. The molecule has 2 rings (SSSR count). The van der Waals surface area contributed by atoms with Crippen molar-refractivity contribution in [1.82, 2.24) is 9.80 Å². The summed E-state index contributed by atoms with van der Waals surface area (Å²) < 4.78 is 0. The van der Waals surface area contributed by atoms with Gasteiger partial charge in [0.15, 0.2) is 5.78 Å². The summed E-state index contributed by atoms with van der Waals surface area (Å²) in [4.78, 5) is 18.3. The third-order valence-electron chi connectivity index (χ3n) is 3.34. The number of hydrogen-bond acceptors (Lipinski definition) is 5. The maximum absolute atomic E-state index is 12.3. The molecule has 0 amide bonds. The normalized spacial score (nSPS) is 17.3. The van der Waals surface area contributed by atoms with E-state index in [0.29, 0.717) is 6.54 Å². The van der Waals surface area contributed by atoms with Gasteiger partial charge in [-0.1, -0.05) is 11.8 Å². The van der Waals surface area contributed by atoms with E-state index >= 15 is 0 Å². The van der Waals surface area contributed by atoms with Gasteiger partial charge in [-0.05, 0) is 33.0 Å². The van der Waals surface area contributed by atoms with E-state index in [2.05, 4.69) is 28.7 Å². The van der Waals surface area contributed by atoms with Crippen LogP contribution in [0.4, 0.5) is 0 Å². The lowest BCUT2D eigenvalue weighted by Gasteiger charge is -2.31. The van der Waals surface area contributed by atoms with Crippen molar-refractivity contribution in [2.24, 2.45) is 0 Å². The highest BCUT2D eigenvalue weighted by molar-refractivity contribution is 7.14. The SMILES string of the molecule is CN1CCN(CC(=O)c2ccc(C#CC(C)(C)O)s2)CC1. The molecule has 0 unspecified atom stereocenters. The minimum absolute atomic E-state index is 0.154. The Morgan fingerprint density at radius 1 is 1.33 bits per heavy atom. The number of Topliss-reactive ketones (excluding diaryl/α,β-unsaturated/α-hetero) is 1. The van der Waals surface area contributed by atoms with Crippen molar-refractivity contribution in [3.8, 4) is 11.8 Å². The molecule has 0 aromatic carbocycles. The summed E-state index contributed by atoms with van der Waals surface area (Å²) >= 11 is 1.40. The Hall–Kier alpha value is -1.19. The van der Waals surface area contributed by atoms with Crippen LogP contribution < -0.4 is 0 Å². The number of nitrogens with zero attached hydrogens (tertiary/aromatic N) is 2. The molecule has 21 heavy (non-hydrogen) atoms. The van der Waals surface area contributed by atoms with Crippen LogP contribution in [0.1, 0.15) is 28.4 Å². The fourth-order valence-electron chi connectivity index (χ4n) is 2.06. The second-order valence-corrected chi connectivity index (χ2v) is 7.06. The number of aliphatic hydroxyl groups is 1. The number of likely N-dealkylation sites (N-methyl/N-ethyl adjacent to an activating group) is 1. The zero-order valence-electron chi connectivity index (χ0n) is 12.8. The van der Waals surface area contributed by atoms with Crippen molar-refractivity contribution in [3.05, 3.63) is 21.9 Å². The summed E-state index contributed by atoms with van der Waals surface area (Å²) in [6, 6.07) is 3.68. The molecule has 1 saturated heterocycles. The van der Waals surface area contributed by atoms with Gasteiger partial charge in [0.25, 0.3) is 0 Å². The van der Waals surface area contributed by atoms with Crippen LogP contribution in [0.5, 0.6) is 0 Å². The smallest absolute Gasteiger partial charge is 0.186 e. The van der Waals surface area contributed by atoms with Crippen LogP contribution in [0.15, 0.2) is 12.1 Å². The highest BCUT2D eigenvalue weighted by atomic mass is 32.1. The average Bonchev–Trinajstić information content (AvgIpc) is 2.87. The maximum atomic E-state index is 12.3. The number of ketones is 1. The number of carbonyl (C=O) groups is 1. The van der Waals surface area contributed by atoms with Gasteiger partial charge in [-0.25, -0.2) is 0 Å². The first kappa shape index (κ1) is 16.2. The van der Waals surface area contributed by atoms with E-state index in [1.165, 1.54) is 11.3 Å². The maximum Gasteiger partial charge on any atom is 0.186 e. The number of piperazine rings is 1. The van der Waals surface area contributed by atoms with Crippen LogP contribution in [-0.4, -0.2) is 66.1 Å². The molecule has 2 heterocycles. The Balaban J connectivity index is 1.94. The van der Waals surface area contributed by atoms with E-state index in [0.717, 1.165) is 35.9 Å². The lowest BCUT2D eigenvalue weighted by Crippen LogP contribution is -2.46. The molecule has 1 aliphatic heterocycles. The lowest BCUT2D eigenvalue weighted by atomic mass is 10.1. The molecule has 1 fully saturated rings. The summed E-state index contributed by atoms with van der Waals surface area (Å²) in [6.45, 7) is 7.69. The molecule has 1 N–H and O–H groups in total. The molecule has 0 spiro atoms. The molecule has 0 radical (unpaired) electrons. The zero-order valence-corrected chi connectivity index (χ0v) is 13.7. The van der Waals surface area contributed by atoms with Crippen LogP contribution in [0.25, 0.3) is 0 Å². The molecule has 114 valence electrons. The van der Waals surface area contributed by atoms with E-state index in [1.807, 2.05) is 12.1 Å². The van der Waals surface area contributed by atoms with Crippen LogP contribution in [0.3, 0.4) is 0 Å². The molecule has 1 aromatic rings. The van der Waals surface area contributed by atoms with Gasteiger partial charge in [0, 0.05) is 26.2 Å². The van der Waals surface area contributed by atoms with Gasteiger partial charge < -0.3 is 10.0 Å². The second kappa shape index (κ2) is 6.71. The summed E-state index contributed by atoms with van der Waals surface area (Å²) in [5.41, 5.74) is -1.01. The minimum atomic E-state index is -1.01. The fourth-order valence-corrected chi connectivity index (χ4v) is 2.85. The van der Waals surface area contributed by atoms with E-state index in [1.54, 1.807) is 13.8 Å². The third kappa shape index (κ3) is 5.25. The molecule has 1 aromatic heterocycles. The van der Waals surface area contributed by atoms with Crippen molar-refractivity contribution in [3.63, 3.8) is 0 Å². The Morgan fingerprint density at radius 2 is 2.00 bits per heavy atom. The molecular weight excluding hydrogens is 284 g/mol. The molecule has 4 nitrogen and oxygen atoms in total. The first-order chi connectivity index (χ1) is 9.83. The molecule has 0 aliphatic carbocycles. The Morgan fingerprint density at radius 3 is 2.62 bits per heavy atom. The number of thiophene rings is 1. The zero-order chi connectivity index (χ0) is 15.5. The Bertz CT molecular complexity index is 555. The third-order valence-corrected chi connectivity index (χ3v) is 4.38. The van der Waals surface area contributed by atoms with E-state index in [-0.39, 0.29) is 5.78 Å². The highest BCUT2D eigenvalue weighted by Crippen LogP contribution is 2.17. The molecule has 0 atom stereocenters. The number of carbonyl (C=O) groups excluding carboxylic acids is 1. The summed E-state index contributed by atoms with van der Waals surface area (Å²) in [7, 11) is 2.10. The molecular formula is C16H22N2O2S. The number of rotatable bonds is 3. The monoisotopic (exact) mass is 306 g/mol. The standard InChI is InChI=1S/C16H22N2O2S/c1-16(2,20)7-6-13-4-5-15(21-13)14(19)12-18-10-8-17(3)9-11-18/h4-5,20H,8-12H2,1-3H3. The second-order valence-electron chi connectivity index (χ2n) is 5.98. The van der Waals surface area contributed by atoms with Gasteiger partial charge in [0.2, 0.25) is 0 Å². The van der Waals surface area contributed by atoms with Crippen molar-refractivity contribution < 1.29 is 9.90 Å². The van der Waals surface area contributed by atoms with Gasteiger partial charge in [-0.15, -0.1) is 11.3 Å². The summed E-state index contributed by atoms with van der Waals surface area (Å²) in [6.07, 6.45) is 0. The van der Waals surface area contributed by atoms with E-state index in [4.69, 9.17) is 0 Å². The van der Waals surface area contributed by atoms with Gasteiger partial charge in [-0.2, -0.15) is 0 Å². The largest absolute Gasteiger partial charge is 0.378 e. The van der Waals surface area contributed by atoms with Crippen molar-refractivity contribution in [1.29, 1.82) is 0 Å². The first-order valence-corrected chi connectivity index (χ1v) is 7.95. The predicted octanol–water partition coefficient (Wildman–Crippen LogP) is 1.30. The van der Waals surface area contributed by atoms with Crippen LogP contribution in [0.2, 0.25) is 0 Å². The Labute approximate surface area is 130 Å². The van der Waals surface area contributed by atoms with Crippen molar-refractivity contribution in [2.75, 3.05) is 39.8 Å². The summed E-state index contributed by atoms with van der Waals surface area (Å²) in [5, 5.41) is 9.59. The van der Waals surface area contributed by atoms with Gasteiger partial charge >= 0.3 is 0 Å². The molecule has 1 aliphatic rings. The number of hydrogen-bond donors (Lipinski definition) is 1. The topological polar surface area (TPSA) is 43.8 Å². The van der Waals surface area contributed by atoms with Gasteiger partial charge in [0.1, 0.15) is 5.60 Å². The molecule has 5 heteroatoms. The quantitative estimate of drug-likeness (QED) is 0.675. The van der Waals surface area contributed by atoms with Gasteiger partial charge in [-0.3, -0.25) is 9.69 Å². The fraction of sp³-hybridized carbons (Fsp3) is 0.562. The van der Waals surface area contributed by atoms with E-state index < -0.39 is 5.60 Å². The minimum Gasteiger partial charge on any atom is -0.378 e. The Kier molecular flexibility index (Phi) is 5.17. The highest BCUT2D eigenvalue weighted by Gasteiger charge is 2.18. The predicted molar refractivity (Wildman–Crippen MR) is 85.8 cm³/mol. The molecule has 0 bridgehead atoms. The molecule has 0 saturated carbocycles. The van der Waals surface area contributed by atoms with Crippen LogP contribution in [0, 0.1) is 11.8 Å². The van der Waals surface area contributed by atoms with Gasteiger partial charge in [0.05, 0.1) is 16.3 Å². The first-order valence-electron chi connectivity index (χ1n) is 7.13. The lowest BCUT2D eigenvalue weighted by molar-refractivity contribution is 0.0880. The van der Waals surface area contributed by atoms with Crippen molar-refractivity contribution >= 4 is 17.1 Å².